The number of hydrogen-bond acceptors (Lipinski definition) is 4. The van der Waals surface area contributed by atoms with Crippen molar-refractivity contribution in [2.24, 2.45) is 0 Å². The molecule has 0 aliphatic heterocycles. The highest BCUT2D eigenvalue weighted by atomic mass is 31.2. The van der Waals surface area contributed by atoms with Crippen LogP contribution in [0.3, 0.4) is 0 Å². The van der Waals surface area contributed by atoms with Gasteiger partial charge < -0.3 is 0 Å². The second-order valence-electron chi connectivity index (χ2n) is 9.86. The van der Waals surface area contributed by atoms with Crippen molar-refractivity contribution in [3.05, 3.63) is 167 Å². The summed E-state index contributed by atoms with van der Waals surface area (Å²) in [4.78, 5) is 10.6. The van der Waals surface area contributed by atoms with E-state index >= 15 is 0 Å². The van der Waals surface area contributed by atoms with Gasteiger partial charge in [-0.05, 0) is 47.5 Å². The molecule has 0 fully saturated rings. The van der Waals surface area contributed by atoms with Crippen LogP contribution >= 0.6 is 7.26 Å². The number of nitro benzene ring substituents is 1. The Kier molecular flexibility index (Phi) is 7.48. The van der Waals surface area contributed by atoms with E-state index in [1.54, 1.807) is 16.8 Å². The van der Waals surface area contributed by atoms with Crippen molar-refractivity contribution >= 4 is 28.9 Å². The van der Waals surface area contributed by atoms with Crippen LogP contribution in [0.2, 0.25) is 0 Å². The Hall–Kier alpha value is -4.93. The van der Waals surface area contributed by atoms with Gasteiger partial charge in [0.1, 0.15) is 28.9 Å². The van der Waals surface area contributed by atoms with Gasteiger partial charge in [0.2, 0.25) is 0 Å². The minimum Gasteiger partial charge on any atom is -0.258 e. The first-order valence-corrected chi connectivity index (χ1v) is 15.4. The van der Waals surface area contributed by atoms with Gasteiger partial charge in [-0.2, -0.15) is 0 Å². The Balaban J connectivity index is 1.42. The summed E-state index contributed by atoms with van der Waals surface area (Å²) >= 11 is 0. The standard InChI is InChI=1S/C34H28N4O2P/c39-38(40)29-22-20-27(21-23-29)24-37-25-34(35-36-37)33-19-11-10-12-28(33)26-41(30-13-4-1-5-14-30,31-15-6-2-7-16-31)32-17-8-3-9-18-32/h1-23,25H,24,26H2/q+1. The lowest BCUT2D eigenvalue weighted by Crippen LogP contribution is -2.32. The molecule has 0 aliphatic carbocycles. The summed E-state index contributed by atoms with van der Waals surface area (Å²) in [7, 11) is -2.09. The van der Waals surface area contributed by atoms with Crippen molar-refractivity contribution < 1.29 is 4.92 Å². The van der Waals surface area contributed by atoms with Gasteiger partial charge in [-0.1, -0.05) is 96.2 Å². The molecule has 0 radical (unpaired) electrons. The predicted molar refractivity (Wildman–Crippen MR) is 167 cm³/mol. The Morgan fingerprint density at radius 3 is 1.71 bits per heavy atom. The molecule has 6 nitrogen and oxygen atoms in total. The number of benzene rings is 5. The highest BCUT2D eigenvalue weighted by Crippen LogP contribution is 2.58. The molecular weight excluding hydrogens is 527 g/mol. The molecule has 200 valence electrons. The van der Waals surface area contributed by atoms with E-state index in [0.717, 1.165) is 23.0 Å². The first kappa shape index (κ1) is 26.3. The molecule has 0 atom stereocenters. The third kappa shape index (κ3) is 5.43. The van der Waals surface area contributed by atoms with E-state index in [1.165, 1.54) is 33.6 Å². The fraction of sp³-hybridized carbons (Fsp3) is 0.0588. The fourth-order valence-corrected chi connectivity index (χ4v) is 9.61. The van der Waals surface area contributed by atoms with Crippen LogP contribution in [0.5, 0.6) is 0 Å². The third-order valence-corrected chi connectivity index (χ3v) is 11.7. The van der Waals surface area contributed by atoms with Crippen molar-refractivity contribution in [3.8, 4) is 11.3 Å². The number of aromatic nitrogens is 3. The van der Waals surface area contributed by atoms with E-state index in [2.05, 4.69) is 120 Å². The van der Waals surface area contributed by atoms with Crippen LogP contribution in [-0.4, -0.2) is 19.9 Å². The topological polar surface area (TPSA) is 73.8 Å². The minimum atomic E-state index is -2.09. The van der Waals surface area contributed by atoms with E-state index in [1.807, 2.05) is 12.3 Å². The van der Waals surface area contributed by atoms with Gasteiger partial charge in [-0.25, -0.2) is 4.68 Å². The van der Waals surface area contributed by atoms with Gasteiger partial charge in [0.05, 0.1) is 23.8 Å². The molecule has 1 heterocycles. The number of rotatable bonds is 9. The van der Waals surface area contributed by atoms with Crippen LogP contribution in [0.25, 0.3) is 11.3 Å². The molecule has 0 aliphatic rings. The van der Waals surface area contributed by atoms with Crippen LogP contribution in [0.4, 0.5) is 5.69 Å². The van der Waals surface area contributed by atoms with Gasteiger partial charge >= 0.3 is 0 Å². The maximum atomic E-state index is 11.0. The molecule has 1 aromatic heterocycles. The van der Waals surface area contributed by atoms with E-state index in [-0.39, 0.29) is 5.69 Å². The normalized spacial score (nSPS) is 11.3. The van der Waals surface area contributed by atoms with Crippen LogP contribution in [-0.2, 0) is 12.7 Å². The van der Waals surface area contributed by atoms with E-state index in [4.69, 9.17) is 0 Å². The van der Waals surface area contributed by atoms with E-state index < -0.39 is 12.2 Å². The van der Waals surface area contributed by atoms with Crippen molar-refractivity contribution in [2.45, 2.75) is 12.7 Å². The molecular formula is C34H28N4O2P+. The highest BCUT2D eigenvalue weighted by molar-refractivity contribution is 7.95. The molecule has 0 spiro atoms. The number of hydrogen-bond donors (Lipinski definition) is 0. The van der Waals surface area contributed by atoms with Crippen molar-refractivity contribution in [1.29, 1.82) is 0 Å². The van der Waals surface area contributed by atoms with E-state index in [0.29, 0.717) is 6.54 Å². The maximum absolute atomic E-state index is 11.0. The first-order chi connectivity index (χ1) is 20.1. The van der Waals surface area contributed by atoms with Crippen LogP contribution in [0.15, 0.2) is 146 Å². The lowest BCUT2D eigenvalue weighted by Gasteiger charge is -2.28. The van der Waals surface area contributed by atoms with Crippen molar-refractivity contribution in [3.63, 3.8) is 0 Å². The lowest BCUT2D eigenvalue weighted by atomic mass is 10.1. The van der Waals surface area contributed by atoms with Crippen LogP contribution in [0, 0.1) is 10.1 Å². The quantitative estimate of drug-likeness (QED) is 0.118. The van der Waals surface area contributed by atoms with Crippen LogP contribution < -0.4 is 15.9 Å². The van der Waals surface area contributed by atoms with Crippen molar-refractivity contribution in [1.82, 2.24) is 15.0 Å². The zero-order chi connectivity index (χ0) is 28.1. The lowest BCUT2D eigenvalue weighted by molar-refractivity contribution is -0.384. The number of nitro groups is 1. The summed E-state index contributed by atoms with van der Waals surface area (Å²) in [6.45, 7) is 0.474. The van der Waals surface area contributed by atoms with Crippen LogP contribution in [0.1, 0.15) is 11.1 Å². The zero-order valence-electron chi connectivity index (χ0n) is 22.3. The predicted octanol–water partition coefficient (Wildman–Crippen LogP) is 6.40. The summed E-state index contributed by atoms with van der Waals surface area (Å²) < 4.78 is 1.78. The summed E-state index contributed by atoms with van der Waals surface area (Å²) in [5.74, 6) is 0. The largest absolute Gasteiger partial charge is 0.269 e. The molecule has 41 heavy (non-hydrogen) atoms. The monoisotopic (exact) mass is 555 g/mol. The SMILES string of the molecule is O=[N+]([O-])c1ccc(Cn2cc(-c3ccccc3C[P+](c3ccccc3)(c3ccccc3)c3ccccc3)nn2)cc1. The maximum Gasteiger partial charge on any atom is 0.269 e. The number of nitrogens with zero attached hydrogens (tertiary/aromatic N) is 4. The molecule has 0 amide bonds. The highest BCUT2D eigenvalue weighted by Gasteiger charge is 2.45. The van der Waals surface area contributed by atoms with Gasteiger partial charge in [0, 0.05) is 17.7 Å². The number of non-ortho nitro benzene ring substituents is 1. The van der Waals surface area contributed by atoms with Gasteiger partial charge in [0.25, 0.3) is 5.69 Å². The smallest absolute Gasteiger partial charge is 0.258 e. The second-order valence-corrected chi connectivity index (χ2v) is 13.3. The average molecular weight is 556 g/mol. The molecule has 6 aromatic rings. The van der Waals surface area contributed by atoms with Gasteiger partial charge in [-0.3, -0.25) is 10.1 Å². The molecule has 6 rings (SSSR count). The summed E-state index contributed by atoms with van der Waals surface area (Å²) in [6.07, 6.45) is 2.78. The Morgan fingerprint density at radius 2 is 1.17 bits per heavy atom. The molecule has 0 bridgehead atoms. The van der Waals surface area contributed by atoms with Gasteiger partial charge in [-0.15, -0.1) is 5.10 Å². The minimum absolute atomic E-state index is 0.0732. The zero-order valence-corrected chi connectivity index (χ0v) is 23.2. The summed E-state index contributed by atoms with van der Waals surface area (Å²) in [5, 5.41) is 24.0. The van der Waals surface area contributed by atoms with Crippen molar-refractivity contribution in [2.75, 3.05) is 0 Å². The van der Waals surface area contributed by atoms with Gasteiger partial charge in [0.15, 0.2) is 0 Å². The molecule has 0 saturated heterocycles. The Bertz CT molecular complexity index is 1660. The summed E-state index contributed by atoms with van der Waals surface area (Å²) in [6, 6.07) is 47.6. The molecule has 0 unspecified atom stereocenters. The molecule has 5 aromatic carbocycles. The second kappa shape index (κ2) is 11.7. The van der Waals surface area contributed by atoms with E-state index in [9.17, 15) is 10.1 Å². The average Bonchev–Trinajstić information content (AvgIpc) is 3.50. The molecule has 0 N–H and O–H groups in total. The molecule has 7 heteroatoms. The third-order valence-electron chi connectivity index (χ3n) is 7.32. The fourth-order valence-electron chi connectivity index (χ4n) is 5.34. The summed E-state index contributed by atoms with van der Waals surface area (Å²) in [5.41, 5.74) is 4.05. The Labute approximate surface area is 239 Å². The first-order valence-electron chi connectivity index (χ1n) is 13.4. The Morgan fingerprint density at radius 1 is 0.659 bits per heavy atom. The molecule has 0 saturated carbocycles.